The molecule has 2 N–H and O–H groups in total. The first-order chi connectivity index (χ1) is 8.97. The third-order valence-electron chi connectivity index (χ3n) is 2.27. The highest BCUT2D eigenvalue weighted by atomic mass is 32.1. The molecule has 0 atom stereocenters. The van der Waals surface area contributed by atoms with Crippen LogP contribution >= 0.6 is 11.3 Å². The summed E-state index contributed by atoms with van der Waals surface area (Å²) in [5.41, 5.74) is 0.462. The normalized spacial score (nSPS) is 10.2. The number of nitrogens with zero attached hydrogens (tertiary/aromatic N) is 2. The molecule has 0 saturated heterocycles. The number of hydrogen-bond acceptors (Lipinski definition) is 6. The van der Waals surface area contributed by atoms with Crippen LogP contribution in [0.4, 0.5) is 10.8 Å². The molecule has 1 aromatic heterocycles. The maximum absolute atomic E-state index is 11.8. The van der Waals surface area contributed by atoms with E-state index in [9.17, 15) is 20.0 Å². The SMILES string of the molecule is Cc1csc(NC(=O)c2ccc([N+](=O)[O-])c(O)c2)n1. The number of carbonyl (C=O) groups is 1. The van der Waals surface area contributed by atoms with Crippen LogP contribution in [0.25, 0.3) is 0 Å². The van der Waals surface area contributed by atoms with Crippen LogP contribution in [0.15, 0.2) is 23.6 Å². The van der Waals surface area contributed by atoms with Gasteiger partial charge in [-0.1, -0.05) is 0 Å². The number of amides is 1. The standard InChI is InChI=1S/C11H9N3O4S/c1-6-5-19-11(12-6)13-10(16)7-2-3-8(14(17)18)9(15)4-7/h2-5,15H,1H3,(H,12,13,16). The number of nitro groups is 1. The Hall–Kier alpha value is -2.48. The topological polar surface area (TPSA) is 105 Å². The number of benzene rings is 1. The van der Waals surface area contributed by atoms with Gasteiger partial charge in [0.25, 0.3) is 5.91 Å². The lowest BCUT2D eigenvalue weighted by atomic mass is 10.2. The summed E-state index contributed by atoms with van der Waals surface area (Å²) in [5, 5.41) is 24.7. The summed E-state index contributed by atoms with van der Waals surface area (Å²) in [7, 11) is 0. The Balaban J connectivity index is 2.20. The van der Waals surface area contributed by atoms with Crippen molar-refractivity contribution < 1.29 is 14.8 Å². The minimum atomic E-state index is -0.721. The van der Waals surface area contributed by atoms with Crippen LogP contribution in [-0.4, -0.2) is 20.9 Å². The Kier molecular flexibility index (Phi) is 3.43. The van der Waals surface area contributed by atoms with Crippen molar-refractivity contribution in [3.05, 3.63) is 45.0 Å². The van der Waals surface area contributed by atoms with Gasteiger partial charge in [0.1, 0.15) is 0 Å². The lowest BCUT2D eigenvalue weighted by Crippen LogP contribution is -2.11. The summed E-state index contributed by atoms with van der Waals surface area (Å²) in [6.07, 6.45) is 0. The lowest BCUT2D eigenvalue weighted by Gasteiger charge is -2.02. The number of aromatic hydroxyl groups is 1. The van der Waals surface area contributed by atoms with Gasteiger partial charge in [-0.25, -0.2) is 4.98 Å². The molecule has 98 valence electrons. The molecule has 0 aliphatic carbocycles. The van der Waals surface area contributed by atoms with Crippen molar-refractivity contribution in [2.45, 2.75) is 6.92 Å². The van der Waals surface area contributed by atoms with Gasteiger partial charge in [-0.2, -0.15) is 0 Å². The largest absolute Gasteiger partial charge is 0.502 e. The predicted molar refractivity (Wildman–Crippen MR) is 69.6 cm³/mol. The maximum Gasteiger partial charge on any atom is 0.310 e. The molecule has 1 aromatic carbocycles. The molecule has 1 heterocycles. The molecule has 0 aliphatic rings. The number of nitrogens with one attached hydrogen (secondary N) is 1. The van der Waals surface area contributed by atoms with E-state index in [1.54, 1.807) is 12.3 Å². The van der Waals surface area contributed by atoms with Gasteiger partial charge in [0.2, 0.25) is 0 Å². The lowest BCUT2D eigenvalue weighted by molar-refractivity contribution is -0.385. The first-order valence-electron chi connectivity index (χ1n) is 5.18. The van der Waals surface area contributed by atoms with E-state index in [-0.39, 0.29) is 5.56 Å². The fraction of sp³-hybridized carbons (Fsp3) is 0.0909. The number of phenols is 1. The molecule has 8 heteroatoms. The molecule has 0 bridgehead atoms. The van der Waals surface area contributed by atoms with E-state index in [0.717, 1.165) is 17.8 Å². The average Bonchev–Trinajstić information content (AvgIpc) is 2.74. The van der Waals surface area contributed by atoms with Crippen LogP contribution in [0.3, 0.4) is 0 Å². The number of aromatic nitrogens is 1. The fourth-order valence-corrected chi connectivity index (χ4v) is 2.08. The van der Waals surface area contributed by atoms with Crippen molar-refractivity contribution in [1.82, 2.24) is 4.98 Å². The Morgan fingerprint density at radius 2 is 2.26 bits per heavy atom. The van der Waals surface area contributed by atoms with Crippen molar-refractivity contribution in [3.63, 3.8) is 0 Å². The van der Waals surface area contributed by atoms with E-state index in [1.165, 1.54) is 17.4 Å². The Morgan fingerprint density at radius 3 is 2.79 bits per heavy atom. The molecular formula is C11H9N3O4S. The fourth-order valence-electron chi connectivity index (χ4n) is 1.40. The van der Waals surface area contributed by atoms with Gasteiger partial charge in [-0.05, 0) is 19.1 Å². The zero-order chi connectivity index (χ0) is 14.0. The van der Waals surface area contributed by atoms with Gasteiger partial charge in [0.15, 0.2) is 10.9 Å². The second-order valence-electron chi connectivity index (χ2n) is 3.71. The van der Waals surface area contributed by atoms with E-state index in [4.69, 9.17) is 0 Å². The van der Waals surface area contributed by atoms with Crippen LogP contribution < -0.4 is 5.32 Å². The first-order valence-corrected chi connectivity index (χ1v) is 6.06. The third kappa shape index (κ3) is 2.86. The number of thiazole rings is 1. The molecule has 0 unspecified atom stereocenters. The van der Waals surface area contributed by atoms with Gasteiger partial charge in [-0.15, -0.1) is 11.3 Å². The summed E-state index contributed by atoms with van der Waals surface area (Å²) in [6, 6.07) is 3.40. The van der Waals surface area contributed by atoms with Crippen LogP contribution in [-0.2, 0) is 0 Å². The van der Waals surface area contributed by atoms with Gasteiger partial charge in [0, 0.05) is 17.0 Å². The van der Waals surface area contributed by atoms with Gasteiger partial charge in [-0.3, -0.25) is 20.2 Å². The highest BCUT2D eigenvalue weighted by Crippen LogP contribution is 2.26. The Morgan fingerprint density at radius 1 is 1.53 bits per heavy atom. The zero-order valence-electron chi connectivity index (χ0n) is 9.78. The molecule has 0 radical (unpaired) electrons. The highest BCUT2D eigenvalue weighted by molar-refractivity contribution is 7.13. The van der Waals surface area contributed by atoms with E-state index >= 15 is 0 Å². The van der Waals surface area contributed by atoms with Crippen LogP contribution in [0.5, 0.6) is 5.75 Å². The van der Waals surface area contributed by atoms with Gasteiger partial charge >= 0.3 is 5.69 Å². The second-order valence-corrected chi connectivity index (χ2v) is 4.57. The van der Waals surface area contributed by atoms with Crippen LogP contribution in [0.1, 0.15) is 16.1 Å². The second kappa shape index (κ2) is 5.02. The first kappa shape index (κ1) is 13.0. The number of hydrogen-bond donors (Lipinski definition) is 2. The van der Waals surface area contributed by atoms with E-state index < -0.39 is 22.3 Å². The summed E-state index contributed by atoms with van der Waals surface area (Å²) >= 11 is 1.27. The quantitative estimate of drug-likeness (QED) is 0.662. The number of rotatable bonds is 3. The number of nitro benzene ring substituents is 1. The maximum atomic E-state index is 11.8. The molecule has 2 aromatic rings. The summed E-state index contributed by atoms with van der Waals surface area (Å²) < 4.78 is 0. The Bertz CT molecular complexity index is 653. The van der Waals surface area contributed by atoms with E-state index in [1.807, 2.05) is 0 Å². The van der Waals surface area contributed by atoms with Crippen LogP contribution in [0, 0.1) is 17.0 Å². The van der Waals surface area contributed by atoms with Crippen LogP contribution in [0.2, 0.25) is 0 Å². The molecular weight excluding hydrogens is 270 g/mol. The zero-order valence-corrected chi connectivity index (χ0v) is 10.6. The summed E-state index contributed by atoms with van der Waals surface area (Å²) in [5.74, 6) is -1.03. The number of carbonyl (C=O) groups excluding carboxylic acids is 1. The minimum absolute atomic E-state index is 0.121. The van der Waals surface area contributed by atoms with Crippen molar-refractivity contribution in [3.8, 4) is 5.75 Å². The van der Waals surface area contributed by atoms with Crippen molar-refractivity contribution in [1.29, 1.82) is 0 Å². The molecule has 0 aliphatic heterocycles. The molecule has 7 nitrogen and oxygen atoms in total. The number of phenolic OH excluding ortho intramolecular Hbond substituents is 1. The monoisotopic (exact) mass is 279 g/mol. The predicted octanol–water partition coefficient (Wildman–Crippen LogP) is 2.32. The smallest absolute Gasteiger partial charge is 0.310 e. The molecule has 1 amide bonds. The van der Waals surface area contributed by atoms with E-state index in [0.29, 0.717) is 5.13 Å². The Labute approximate surface area is 111 Å². The number of anilines is 1. The molecule has 0 fully saturated rings. The third-order valence-corrected chi connectivity index (χ3v) is 3.15. The van der Waals surface area contributed by atoms with Gasteiger partial charge in [0.05, 0.1) is 10.6 Å². The van der Waals surface area contributed by atoms with Crippen molar-refractivity contribution in [2.24, 2.45) is 0 Å². The summed E-state index contributed by atoms with van der Waals surface area (Å²) in [4.78, 5) is 25.7. The minimum Gasteiger partial charge on any atom is -0.502 e. The molecule has 0 saturated carbocycles. The molecule has 0 spiro atoms. The van der Waals surface area contributed by atoms with Crippen molar-refractivity contribution >= 4 is 28.1 Å². The van der Waals surface area contributed by atoms with E-state index in [2.05, 4.69) is 10.3 Å². The molecule has 19 heavy (non-hydrogen) atoms. The van der Waals surface area contributed by atoms with Crippen molar-refractivity contribution in [2.75, 3.05) is 5.32 Å². The number of aryl methyl sites for hydroxylation is 1. The summed E-state index contributed by atoms with van der Waals surface area (Å²) in [6.45, 7) is 1.80. The molecule has 2 rings (SSSR count). The van der Waals surface area contributed by atoms with Gasteiger partial charge < -0.3 is 5.11 Å². The highest BCUT2D eigenvalue weighted by Gasteiger charge is 2.16. The average molecular weight is 279 g/mol.